The minimum absolute atomic E-state index is 0.0185. The fourth-order valence-corrected chi connectivity index (χ4v) is 5.33. The average Bonchev–Trinajstić information content (AvgIpc) is 2.99. The van der Waals surface area contributed by atoms with E-state index in [0.29, 0.717) is 29.8 Å². The highest BCUT2D eigenvalue weighted by atomic mass is 19.1. The Labute approximate surface area is 204 Å². The van der Waals surface area contributed by atoms with Crippen molar-refractivity contribution in [3.63, 3.8) is 0 Å². The summed E-state index contributed by atoms with van der Waals surface area (Å²) < 4.78 is 19.1. The molecule has 3 aromatic rings. The largest absolute Gasteiger partial charge is 0.497 e. The van der Waals surface area contributed by atoms with Gasteiger partial charge in [-0.1, -0.05) is 30.3 Å². The first-order valence-electron chi connectivity index (χ1n) is 11.8. The maximum atomic E-state index is 13.8. The van der Waals surface area contributed by atoms with Gasteiger partial charge in [-0.2, -0.15) is 0 Å². The van der Waals surface area contributed by atoms with E-state index >= 15 is 0 Å². The second-order valence-electron chi connectivity index (χ2n) is 9.30. The van der Waals surface area contributed by atoms with Crippen molar-refractivity contribution < 1.29 is 18.7 Å². The van der Waals surface area contributed by atoms with Crippen molar-refractivity contribution in [1.82, 2.24) is 0 Å². The van der Waals surface area contributed by atoms with Gasteiger partial charge in [0.25, 0.3) is 0 Å². The zero-order valence-electron chi connectivity index (χ0n) is 20.0. The van der Waals surface area contributed by atoms with Crippen LogP contribution in [0.1, 0.15) is 48.4 Å². The van der Waals surface area contributed by atoms with Crippen molar-refractivity contribution in [1.29, 1.82) is 0 Å². The second-order valence-corrected chi connectivity index (χ2v) is 9.30. The monoisotopic (exact) mass is 470 g/mol. The van der Waals surface area contributed by atoms with Gasteiger partial charge >= 0.3 is 0 Å². The number of Topliss-reactive ketones (excluding diaryl/α,β-unsaturated/α-hetero) is 1. The van der Waals surface area contributed by atoms with Crippen LogP contribution in [0.2, 0.25) is 0 Å². The lowest BCUT2D eigenvalue weighted by Crippen LogP contribution is -2.45. The number of amides is 1. The summed E-state index contributed by atoms with van der Waals surface area (Å²) in [7, 11) is 1.62. The van der Waals surface area contributed by atoms with Gasteiger partial charge in [-0.25, -0.2) is 4.39 Å². The van der Waals surface area contributed by atoms with E-state index < -0.39 is 12.0 Å². The van der Waals surface area contributed by atoms with Crippen molar-refractivity contribution in [2.24, 2.45) is 10.9 Å². The predicted molar refractivity (Wildman–Crippen MR) is 134 cm³/mol. The molecule has 1 heterocycles. The summed E-state index contributed by atoms with van der Waals surface area (Å²) in [5.74, 6) is -0.384. The van der Waals surface area contributed by atoms with E-state index in [9.17, 15) is 14.0 Å². The van der Waals surface area contributed by atoms with E-state index in [0.717, 1.165) is 22.6 Å². The lowest BCUT2D eigenvalue weighted by atomic mass is 9.72. The molecule has 0 aromatic heterocycles. The number of aliphatic imine (C=N–C) groups is 1. The summed E-state index contributed by atoms with van der Waals surface area (Å²) in [6, 6.07) is 19.1. The Balaban J connectivity index is 1.66. The molecule has 1 aliphatic carbocycles. The van der Waals surface area contributed by atoms with Crippen LogP contribution in [-0.2, 0) is 9.59 Å². The average molecular weight is 471 g/mol. The maximum absolute atomic E-state index is 13.8. The molecule has 1 fully saturated rings. The van der Waals surface area contributed by atoms with E-state index in [2.05, 4.69) is 0 Å². The Morgan fingerprint density at radius 3 is 2.34 bits per heavy atom. The van der Waals surface area contributed by atoms with Crippen LogP contribution in [0, 0.1) is 18.7 Å². The molecular weight excluding hydrogens is 443 g/mol. The number of ketones is 1. The first-order chi connectivity index (χ1) is 16.9. The van der Waals surface area contributed by atoms with Gasteiger partial charge in [0.05, 0.1) is 30.4 Å². The Kier molecular flexibility index (Phi) is 5.97. The fraction of sp³-hybridized carbons (Fsp3) is 0.276. The van der Waals surface area contributed by atoms with Crippen LogP contribution in [0.3, 0.4) is 0 Å². The maximum Gasteiger partial charge on any atom is 0.224 e. The van der Waals surface area contributed by atoms with Gasteiger partial charge in [0.2, 0.25) is 5.91 Å². The molecule has 178 valence electrons. The summed E-state index contributed by atoms with van der Waals surface area (Å²) in [6.45, 7) is 3.46. The highest BCUT2D eigenvalue weighted by Gasteiger charge is 2.45. The number of ether oxygens (including phenoxy) is 1. The summed E-state index contributed by atoms with van der Waals surface area (Å²) in [5, 5.41) is 0. The van der Waals surface area contributed by atoms with Crippen LogP contribution in [-0.4, -0.2) is 24.5 Å². The molecule has 0 radical (unpaired) electrons. The van der Waals surface area contributed by atoms with E-state index in [-0.39, 0.29) is 23.4 Å². The van der Waals surface area contributed by atoms with Gasteiger partial charge in [0, 0.05) is 19.1 Å². The Hall–Kier alpha value is -3.80. The SMILES string of the molecule is COc1ccc(C2CC(=O)C3C(=Nc4ccc(C)cc4N(C(C)=O)C3c3ccc(F)cc3)C2)cc1. The fourth-order valence-electron chi connectivity index (χ4n) is 5.33. The quantitative estimate of drug-likeness (QED) is 0.466. The predicted octanol–water partition coefficient (Wildman–Crippen LogP) is 6.09. The molecular formula is C29H27FN2O3. The zero-order chi connectivity index (χ0) is 24.7. The lowest BCUT2D eigenvalue weighted by Gasteiger charge is -2.38. The van der Waals surface area contributed by atoms with Gasteiger partial charge in [-0.3, -0.25) is 14.6 Å². The van der Waals surface area contributed by atoms with Gasteiger partial charge in [0.15, 0.2) is 0 Å². The third kappa shape index (κ3) is 4.25. The van der Waals surface area contributed by atoms with Gasteiger partial charge < -0.3 is 9.64 Å². The minimum Gasteiger partial charge on any atom is -0.497 e. The first-order valence-corrected chi connectivity index (χ1v) is 11.8. The summed E-state index contributed by atoms with van der Waals surface area (Å²) in [4.78, 5) is 33.5. The first kappa shape index (κ1) is 23.0. The second kappa shape index (κ2) is 9.10. The minimum atomic E-state index is -0.605. The molecule has 2 aliphatic rings. The number of rotatable bonds is 3. The molecule has 1 saturated carbocycles. The lowest BCUT2D eigenvalue weighted by molar-refractivity contribution is -0.123. The number of halogens is 1. The van der Waals surface area contributed by atoms with Crippen molar-refractivity contribution >= 4 is 28.8 Å². The van der Waals surface area contributed by atoms with Crippen LogP contribution >= 0.6 is 0 Å². The molecule has 0 saturated heterocycles. The van der Waals surface area contributed by atoms with Crippen LogP contribution in [0.4, 0.5) is 15.8 Å². The number of nitrogens with zero attached hydrogens (tertiary/aromatic N) is 2. The Bertz CT molecular complexity index is 1310. The zero-order valence-corrected chi connectivity index (χ0v) is 20.0. The molecule has 1 amide bonds. The third-order valence-corrected chi connectivity index (χ3v) is 7.00. The Morgan fingerprint density at radius 1 is 1.00 bits per heavy atom. The molecule has 3 unspecified atom stereocenters. The molecule has 0 spiro atoms. The number of hydrogen-bond donors (Lipinski definition) is 0. The third-order valence-electron chi connectivity index (χ3n) is 7.00. The normalized spacial score (nSPS) is 21.5. The van der Waals surface area contributed by atoms with Crippen LogP contribution in [0.25, 0.3) is 0 Å². The molecule has 0 N–H and O–H groups in total. The molecule has 3 atom stereocenters. The van der Waals surface area contributed by atoms with Gasteiger partial charge in [-0.05, 0) is 72.4 Å². The number of fused-ring (bicyclic) bond motifs is 2. The van der Waals surface area contributed by atoms with E-state index in [1.165, 1.54) is 19.1 Å². The standard InChI is InChI=1S/C29H27FN2O3/c1-17-4-13-24-26(14-17)32(18(2)33)29(20-5-9-22(30)10-6-20)28-25(31-24)15-21(16-27(28)34)19-7-11-23(35-3)12-8-19/h4-14,21,28-29H,15-16H2,1-3H3. The number of carbonyl (C=O) groups is 2. The summed E-state index contributed by atoms with van der Waals surface area (Å²) in [6.07, 6.45) is 0.939. The van der Waals surface area contributed by atoms with Crippen LogP contribution in [0.15, 0.2) is 71.7 Å². The number of aryl methyl sites for hydroxylation is 1. The van der Waals surface area contributed by atoms with E-state index in [1.54, 1.807) is 24.1 Å². The molecule has 0 bridgehead atoms. The number of anilines is 1. The molecule has 35 heavy (non-hydrogen) atoms. The van der Waals surface area contributed by atoms with E-state index in [4.69, 9.17) is 9.73 Å². The topological polar surface area (TPSA) is 59.0 Å². The van der Waals surface area contributed by atoms with Gasteiger partial charge in [0.1, 0.15) is 17.3 Å². The van der Waals surface area contributed by atoms with Crippen molar-refractivity contribution in [3.8, 4) is 5.75 Å². The smallest absolute Gasteiger partial charge is 0.224 e. The highest BCUT2D eigenvalue weighted by molar-refractivity contribution is 6.13. The van der Waals surface area contributed by atoms with Crippen molar-refractivity contribution in [2.75, 3.05) is 12.0 Å². The molecule has 3 aromatic carbocycles. The molecule has 1 aliphatic heterocycles. The van der Waals surface area contributed by atoms with Gasteiger partial charge in [-0.15, -0.1) is 0 Å². The summed E-state index contributed by atoms with van der Waals surface area (Å²) in [5.41, 5.74) is 4.84. The van der Waals surface area contributed by atoms with Crippen LogP contribution in [0.5, 0.6) is 5.75 Å². The van der Waals surface area contributed by atoms with Crippen molar-refractivity contribution in [3.05, 3.63) is 89.2 Å². The number of benzene rings is 3. The van der Waals surface area contributed by atoms with Crippen LogP contribution < -0.4 is 9.64 Å². The summed E-state index contributed by atoms with van der Waals surface area (Å²) >= 11 is 0. The molecule has 5 nitrogen and oxygen atoms in total. The highest BCUT2D eigenvalue weighted by Crippen LogP contribution is 2.47. The molecule has 5 rings (SSSR count). The van der Waals surface area contributed by atoms with E-state index in [1.807, 2.05) is 49.4 Å². The van der Waals surface area contributed by atoms with Crippen molar-refractivity contribution in [2.45, 2.75) is 38.6 Å². The molecule has 6 heteroatoms. The number of methoxy groups -OCH3 is 1. The number of hydrogen-bond acceptors (Lipinski definition) is 4. The Morgan fingerprint density at radius 2 is 1.69 bits per heavy atom. The number of carbonyl (C=O) groups excluding carboxylic acids is 2.